The van der Waals surface area contributed by atoms with Gasteiger partial charge in [-0.05, 0) is 25.1 Å². The van der Waals surface area contributed by atoms with Crippen molar-refractivity contribution in [3.63, 3.8) is 0 Å². The topological polar surface area (TPSA) is 81.7 Å². The molecule has 1 amide bonds. The van der Waals surface area contributed by atoms with Crippen LogP contribution in [0.15, 0.2) is 53.4 Å². The standard InChI is InChI=1S/C19H21NO5S/c1-13(18(21)20-12-14-8-4-6-10-16(14)24-2)25-19(22)15-9-5-7-11-17(15)26(3)23/h4-11,13H,12H2,1-3H3,(H,20,21)/t13-,26+/m1/s1. The average Bonchev–Trinajstić information content (AvgIpc) is 2.66. The van der Waals surface area contributed by atoms with Gasteiger partial charge in [-0.25, -0.2) is 4.79 Å². The summed E-state index contributed by atoms with van der Waals surface area (Å²) in [5, 5.41) is 2.71. The van der Waals surface area contributed by atoms with Gasteiger partial charge in [0.05, 0.1) is 28.4 Å². The maximum Gasteiger partial charge on any atom is 0.340 e. The normalized spacial score (nSPS) is 12.7. The van der Waals surface area contributed by atoms with Crippen LogP contribution in [-0.4, -0.2) is 35.6 Å². The number of benzene rings is 2. The maximum absolute atomic E-state index is 12.3. The summed E-state index contributed by atoms with van der Waals surface area (Å²) in [7, 11) is 0.222. The summed E-state index contributed by atoms with van der Waals surface area (Å²) >= 11 is 0. The van der Waals surface area contributed by atoms with Crippen molar-refractivity contribution in [2.24, 2.45) is 0 Å². The Morgan fingerprint density at radius 1 is 1.12 bits per heavy atom. The van der Waals surface area contributed by atoms with E-state index in [1.54, 1.807) is 31.4 Å². The molecule has 0 unspecified atom stereocenters. The van der Waals surface area contributed by atoms with Crippen LogP contribution in [0.1, 0.15) is 22.8 Å². The van der Waals surface area contributed by atoms with Gasteiger partial charge in [0.1, 0.15) is 5.75 Å². The van der Waals surface area contributed by atoms with Gasteiger partial charge in [0.2, 0.25) is 0 Å². The number of carbonyl (C=O) groups excluding carboxylic acids is 2. The molecule has 2 atom stereocenters. The monoisotopic (exact) mass is 375 g/mol. The second-order valence-electron chi connectivity index (χ2n) is 5.53. The molecular formula is C19H21NO5S. The molecule has 0 aliphatic rings. The predicted octanol–water partition coefficient (Wildman–Crippen LogP) is 2.29. The third kappa shape index (κ3) is 4.92. The molecule has 1 N–H and O–H groups in total. The Morgan fingerprint density at radius 2 is 1.77 bits per heavy atom. The number of carbonyl (C=O) groups is 2. The molecule has 2 rings (SSSR count). The highest BCUT2D eigenvalue weighted by atomic mass is 32.2. The zero-order valence-electron chi connectivity index (χ0n) is 14.9. The van der Waals surface area contributed by atoms with Crippen molar-refractivity contribution in [1.29, 1.82) is 0 Å². The maximum atomic E-state index is 12.3. The van der Waals surface area contributed by atoms with Gasteiger partial charge in [0.25, 0.3) is 5.91 Å². The first kappa shape index (κ1) is 19.7. The minimum absolute atomic E-state index is 0.192. The van der Waals surface area contributed by atoms with E-state index in [-0.39, 0.29) is 12.1 Å². The van der Waals surface area contributed by atoms with Crippen LogP contribution in [0.5, 0.6) is 5.75 Å². The van der Waals surface area contributed by atoms with Crippen LogP contribution in [0.2, 0.25) is 0 Å². The molecule has 0 aliphatic heterocycles. The van der Waals surface area contributed by atoms with Crippen molar-refractivity contribution in [2.75, 3.05) is 13.4 Å². The van der Waals surface area contributed by atoms with Crippen LogP contribution in [0.3, 0.4) is 0 Å². The Balaban J connectivity index is 1.99. The highest BCUT2D eigenvalue weighted by Crippen LogP contribution is 2.17. The largest absolute Gasteiger partial charge is 0.496 e. The van der Waals surface area contributed by atoms with Gasteiger partial charge in [-0.2, -0.15) is 0 Å². The number of hydrogen-bond donors (Lipinski definition) is 1. The van der Waals surface area contributed by atoms with Crippen molar-refractivity contribution in [1.82, 2.24) is 5.32 Å². The van der Waals surface area contributed by atoms with Crippen molar-refractivity contribution in [3.8, 4) is 5.75 Å². The minimum Gasteiger partial charge on any atom is -0.496 e. The molecule has 7 heteroatoms. The molecule has 0 heterocycles. The van der Waals surface area contributed by atoms with E-state index in [0.29, 0.717) is 10.6 Å². The van der Waals surface area contributed by atoms with Gasteiger partial charge < -0.3 is 14.8 Å². The number of amides is 1. The SMILES string of the molecule is COc1ccccc1CNC(=O)[C@@H](C)OC(=O)c1ccccc1[S@](C)=O. The molecular weight excluding hydrogens is 354 g/mol. The van der Waals surface area contributed by atoms with Gasteiger partial charge in [-0.15, -0.1) is 0 Å². The minimum atomic E-state index is -1.33. The molecule has 0 aliphatic carbocycles. The van der Waals surface area contributed by atoms with Gasteiger partial charge in [-0.1, -0.05) is 30.3 Å². The molecule has 2 aromatic rings. The van der Waals surface area contributed by atoms with E-state index in [4.69, 9.17) is 9.47 Å². The van der Waals surface area contributed by atoms with Gasteiger partial charge in [0.15, 0.2) is 6.10 Å². The van der Waals surface area contributed by atoms with Crippen LogP contribution in [0.4, 0.5) is 0 Å². The number of para-hydroxylation sites is 1. The lowest BCUT2D eigenvalue weighted by molar-refractivity contribution is -0.129. The Labute approximate surface area is 155 Å². The predicted molar refractivity (Wildman–Crippen MR) is 98.5 cm³/mol. The van der Waals surface area contributed by atoms with Crippen molar-refractivity contribution < 1.29 is 23.3 Å². The Morgan fingerprint density at radius 3 is 2.46 bits per heavy atom. The van der Waals surface area contributed by atoms with E-state index in [1.165, 1.54) is 19.2 Å². The Hall–Kier alpha value is -2.67. The van der Waals surface area contributed by atoms with Crippen LogP contribution >= 0.6 is 0 Å². The summed E-state index contributed by atoms with van der Waals surface area (Å²) in [5.74, 6) is -0.452. The third-order valence-corrected chi connectivity index (χ3v) is 4.69. The second-order valence-corrected chi connectivity index (χ2v) is 6.88. The Bertz CT molecular complexity index is 821. The molecule has 0 spiro atoms. The number of nitrogens with one attached hydrogen (secondary N) is 1. The van der Waals surface area contributed by atoms with Crippen LogP contribution in [0, 0.1) is 0 Å². The third-order valence-electron chi connectivity index (χ3n) is 3.72. The fourth-order valence-electron chi connectivity index (χ4n) is 2.34. The molecule has 0 fully saturated rings. The first-order valence-electron chi connectivity index (χ1n) is 7.97. The molecule has 0 bridgehead atoms. The van der Waals surface area contributed by atoms with Crippen LogP contribution in [0.25, 0.3) is 0 Å². The molecule has 0 saturated heterocycles. The molecule has 26 heavy (non-hydrogen) atoms. The first-order valence-corrected chi connectivity index (χ1v) is 9.53. The lowest BCUT2D eigenvalue weighted by Gasteiger charge is -2.15. The van der Waals surface area contributed by atoms with Gasteiger partial charge >= 0.3 is 5.97 Å². The molecule has 0 saturated carbocycles. The van der Waals surface area contributed by atoms with E-state index in [0.717, 1.165) is 5.56 Å². The zero-order valence-corrected chi connectivity index (χ0v) is 15.7. The number of esters is 1. The molecule has 0 aromatic heterocycles. The summed E-state index contributed by atoms with van der Waals surface area (Å²) in [5.41, 5.74) is 1.01. The quantitative estimate of drug-likeness (QED) is 0.751. The first-order chi connectivity index (χ1) is 12.4. The van der Waals surface area contributed by atoms with Crippen molar-refractivity contribution in [3.05, 3.63) is 59.7 Å². The molecule has 0 radical (unpaired) electrons. The van der Waals surface area contributed by atoms with Crippen LogP contribution in [-0.2, 0) is 26.9 Å². The lowest BCUT2D eigenvalue weighted by Crippen LogP contribution is -2.35. The smallest absolute Gasteiger partial charge is 0.340 e. The summed E-state index contributed by atoms with van der Waals surface area (Å²) in [6.07, 6.45) is 0.491. The van der Waals surface area contributed by atoms with E-state index in [9.17, 15) is 13.8 Å². The van der Waals surface area contributed by atoms with Crippen LogP contribution < -0.4 is 10.1 Å². The highest BCUT2D eigenvalue weighted by Gasteiger charge is 2.21. The fourth-order valence-corrected chi connectivity index (χ4v) is 3.07. The van der Waals surface area contributed by atoms with Gasteiger partial charge in [-0.3, -0.25) is 9.00 Å². The fraction of sp³-hybridized carbons (Fsp3) is 0.263. The average molecular weight is 375 g/mol. The summed E-state index contributed by atoms with van der Waals surface area (Å²) in [6.45, 7) is 1.74. The lowest BCUT2D eigenvalue weighted by atomic mass is 10.2. The molecule has 6 nitrogen and oxygen atoms in total. The van der Waals surface area contributed by atoms with E-state index < -0.39 is 28.8 Å². The number of methoxy groups -OCH3 is 1. The highest BCUT2D eigenvalue weighted by molar-refractivity contribution is 7.84. The van der Waals surface area contributed by atoms with E-state index in [2.05, 4.69) is 5.32 Å². The zero-order chi connectivity index (χ0) is 19.1. The number of rotatable bonds is 7. The summed E-state index contributed by atoms with van der Waals surface area (Å²) in [4.78, 5) is 24.9. The van der Waals surface area contributed by atoms with Crippen molar-refractivity contribution >= 4 is 22.7 Å². The summed E-state index contributed by atoms with van der Waals surface area (Å²) < 4.78 is 22.2. The Kier molecular flexibility index (Phi) is 6.91. The number of ether oxygens (including phenoxy) is 2. The van der Waals surface area contributed by atoms with E-state index >= 15 is 0 Å². The molecule has 2 aromatic carbocycles. The van der Waals surface area contributed by atoms with Crippen molar-refractivity contribution in [2.45, 2.75) is 24.5 Å². The van der Waals surface area contributed by atoms with E-state index in [1.807, 2.05) is 18.2 Å². The molecule has 138 valence electrons. The van der Waals surface area contributed by atoms with Gasteiger partial charge in [0, 0.05) is 18.4 Å². The number of hydrogen-bond acceptors (Lipinski definition) is 5. The summed E-state index contributed by atoms with van der Waals surface area (Å²) in [6, 6.07) is 13.8. The second kappa shape index (κ2) is 9.15.